The topological polar surface area (TPSA) is 85.9 Å². The minimum Gasteiger partial charge on any atom is -0.290 e. The van der Waals surface area contributed by atoms with E-state index in [9.17, 15) is 13.4 Å². The van der Waals surface area contributed by atoms with Crippen molar-refractivity contribution in [3.8, 4) is 5.69 Å². The maximum atomic E-state index is 14.2. The molecular formula is C27H27FN6O2S2. The SMILES string of the molecule is C=S(=O)(c1cnn(C)c1)N(C)[C@H]1CCC2=Cc3c(cnn3-c3ccc(F)cc3)C[C@]2(C(=O)c2nccs2)C1. The Morgan fingerprint density at radius 1 is 1.26 bits per heavy atom. The van der Waals surface area contributed by atoms with E-state index in [4.69, 9.17) is 0 Å². The van der Waals surface area contributed by atoms with Crippen molar-refractivity contribution in [2.75, 3.05) is 7.05 Å². The molecule has 196 valence electrons. The zero-order valence-corrected chi connectivity index (χ0v) is 22.7. The molecular weight excluding hydrogens is 523 g/mol. The molecule has 4 aromatic rings. The van der Waals surface area contributed by atoms with Gasteiger partial charge in [0.25, 0.3) is 0 Å². The summed E-state index contributed by atoms with van der Waals surface area (Å²) in [6, 6.07) is 6.07. The number of rotatable bonds is 6. The van der Waals surface area contributed by atoms with Crippen LogP contribution < -0.4 is 0 Å². The van der Waals surface area contributed by atoms with Crippen LogP contribution in [0.5, 0.6) is 0 Å². The van der Waals surface area contributed by atoms with Crippen molar-refractivity contribution in [2.45, 2.75) is 36.6 Å². The molecule has 2 aliphatic carbocycles. The van der Waals surface area contributed by atoms with Crippen molar-refractivity contribution in [1.29, 1.82) is 0 Å². The Hall–Kier alpha value is -3.41. The average Bonchev–Trinajstić information content (AvgIpc) is 3.68. The van der Waals surface area contributed by atoms with E-state index >= 15 is 0 Å². The summed E-state index contributed by atoms with van der Waals surface area (Å²) in [4.78, 5) is 19.1. The lowest BCUT2D eigenvalue weighted by Gasteiger charge is -2.46. The molecule has 3 heterocycles. The third-order valence-electron chi connectivity index (χ3n) is 7.80. The van der Waals surface area contributed by atoms with E-state index in [-0.39, 0.29) is 17.6 Å². The minimum atomic E-state index is -2.80. The van der Waals surface area contributed by atoms with Crippen LogP contribution in [0.25, 0.3) is 11.8 Å². The standard InChI is InChI=1S/C27H27FN6O2S2/c1-32-17-23(16-30-32)38(3,36)33(2)22-7-4-19-12-24-18(15-31-34(24)21-8-5-20(28)6-9-21)13-27(19,14-22)25(35)26-29-10-11-37-26/h5-6,8-12,15-17,22H,3-4,7,13-14H2,1-2H3/t22-,27-,38?/m0/s1. The summed E-state index contributed by atoms with van der Waals surface area (Å²) in [7, 11) is 0.807. The first kappa shape index (κ1) is 24.9. The Morgan fingerprint density at radius 3 is 2.74 bits per heavy atom. The van der Waals surface area contributed by atoms with E-state index in [1.807, 2.05) is 16.7 Å². The summed E-state index contributed by atoms with van der Waals surface area (Å²) in [5.74, 6) is 3.75. The summed E-state index contributed by atoms with van der Waals surface area (Å²) in [6.07, 6.45) is 11.2. The Bertz CT molecular complexity index is 1650. The lowest BCUT2D eigenvalue weighted by atomic mass is 9.61. The summed E-state index contributed by atoms with van der Waals surface area (Å²) in [6.45, 7) is 0. The maximum Gasteiger partial charge on any atom is 0.201 e. The number of aromatic nitrogens is 5. The van der Waals surface area contributed by atoms with Crippen molar-refractivity contribution in [3.05, 3.63) is 82.1 Å². The normalized spacial score (nSPS) is 22.4. The number of ketones is 1. The number of hydrogen-bond donors (Lipinski definition) is 0. The zero-order chi connectivity index (χ0) is 26.7. The maximum absolute atomic E-state index is 14.2. The molecule has 0 amide bonds. The van der Waals surface area contributed by atoms with Crippen LogP contribution in [-0.2, 0) is 23.2 Å². The van der Waals surface area contributed by atoms with Crippen molar-refractivity contribution in [2.24, 2.45) is 12.5 Å². The molecule has 0 bridgehead atoms. The molecule has 2 aliphatic rings. The van der Waals surface area contributed by atoms with E-state index in [1.54, 1.807) is 53.3 Å². The summed E-state index contributed by atoms with van der Waals surface area (Å²) in [5, 5.41) is 11.1. The number of allylic oxidation sites excluding steroid dienone is 1. The fraction of sp³-hybridized carbons (Fsp3) is 0.296. The second kappa shape index (κ2) is 9.11. The molecule has 11 heteroatoms. The van der Waals surface area contributed by atoms with Crippen molar-refractivity contribution in [3.63, 3.8) is 0 Å². The van der Waals surface area contributed by atoms with Crippen LogP contribution in [-0.4, -0.2) is 57.8 Å². The molecule has 0 spiro atoms. The van der Waals surface area contributed by atoms with Gasteiger partial charge >= 0.3 is 0 Å². The van der Waals surface area contributed by atoms with Crippen LogP contribution in [0.4, 0.5) is 4.39 Å². The van der Waals surface area contributed by atoms with Gasteiger partial charge in [0.2, 0.25) is 5.78 Å². The van der Waals surface area contributed by atoms with Crippen LogP contribution in [0, 0.1) is 11.2 Å². The van der Waals surface area contributed by atoms with Crippen LogP contribution in [0.2, 0.25) is 0 Å². The first-order chi connectivity index (χ1) is 18.2. The van der Waals surface area contributed by atoms with Gasteiger partial charge in [-0.25, -0.2) is 22.6 Å². The molecule has 0 saturated heterocycles. The monoisotopic (exact) mass is 550 g/mol. The van der Waals surface area contributed by atoms with Gasteiger partial charge in [-0.3, -0.25) is 9.48 Å². The number of benzene rings is 1. The van der Waals surface area contributed by atoms with Gasteiger partial charge in [-0.1, -0.05) is 5.57 Å². The van der Waals surface area contributed by atoms with Gasteiger partial charge in [0, 0.05) is 30.9 Å². The molecule has 1 saturated carbocycles. The highest BCUT2D eigenvalue weighted by atomic mass is 32.2. The lowest BCUT2D eigenvalue weighted by molar-refractivity contribution is 0.0754. The predicted octanol–water partition coefficient (Wildman–Crippen LogP) is 4.19. The average molecular weight is 551 g/mol. The minimum absolute atomic E-state index is 0.0195. The number of carbonyl (C=O) groups excluding carboxylic acids is 1. The Balaban J connectivity index is 1.40. The van der Waals surface area contributed by atoms with Gasteiger partial charge in [0.1, 0.15) is 5.82 Å². The second-order valence-corrected chi connectivity index (χ2v) is 13.2. The number of hydrogen-bond acceptors (Lipinski definition) is 6. The van der Waals surface area contributed by atoms with Gasteiger partial charge in [0.05, 0.1) is 43.8 Å². The summed E-state index contributed by atoms with van der Waals surface area (Å²) < 4.78 is 32.6. The van der Waals surface area contributed by atoms with E-state index in [2.05, 4.69) is 27.1 Å². The third-order valence-corrected chi connectivity index (χ3v) is 10.7. The highest BCUT2D eigenvalue weighted by molar-refractivity contribution is 7.98. The molecule has 1 fully saturated rings. The number of thiazole rings is 1. The number of Topliss-reactive ketones (excluding diaryl/α,β-unsaturated/α-hetero) is 1. The zero-order valence-electron chi connectivity index (χ0n) is 21.1. The molecule has 3 aromatic heterocycles. The fourth-order valence-corrected chi connectivity index (χ4v) is 7.89. The Morgan fingerprint density at radius 2 is 2.05 bits per heavy atom. The van der Waals surface area contributed by atoms with Gasteiger partial charge < -0.3 is 0 Å². The van der Waals surface area contributed by atoms with Crippen LogP contribution >= 0.6 is 11.3 Å². The number of nitrogens with zero attached hydrogens (tertiary/aromatic N) is 6. The highest BCUT2D eigenvalue weighted by Gasteiger charge is 2.51. The van der Waals surface area contributed by atoms with E-state index in [1.165, 1.54) is 23.5 Å². The lowest BCUT2D eigenvalue weighted by Crippen LogP contribution is -2.49. The number of aryl methyl sites for hydroxylation is 1. The molecule has 1 unspecified atom stereocenters. The summed E-state index contributed by atoms with van der Waals surface area (Å²) in [5.41, 5.74) is 2.79. The van der Waals surface area contributed by atoms with E-state index in [0.717, 1.165) is 28.9 Å². The fourth-order valence-electron chi connectivity index (χ4n) is 5.69. The van der Waals surface area contributed by atoms with E-state index in [0.29, 0.717) is 29.2 Å². The third kappa shape index (κ3) is 3.96. The highest BCUT2D eigenvalue weighted by Crippen LogP contribution is 2.51. The largest absolute Gasteiger partial charge is 0.290 e. The molecule has 8 nitrogen and oxygen atoms in total. The Labute approximate surface area is 224 Å². The first-order valence-corrected chi connectivity index (χ1v) is 14.8. The predicted molar refractivity (Wildman–Crippen MR) is 146 cm³/mol. The van der Waals surface area contributed by atoms with Gasteiger partial charge in [0.15, 0.2) is 5.01 Å². The molecule has 3 atom stereocenters. The molecule has 0 aliphatic heterocycles. The molecule has 0 radical (unpaired) electrons. The first-order valence-electron chi connectivity index (χ1n) is 12.3. The van der Waals surface area contributed by atoms with Crippen molar-refractivity contribution in [1.82, 2.24) is 28.9 Å². The van der Waals surface area contributed by atoms with Crippen molar-refractivity contribution < 1.29 is 13.4 Å². The molecule has 38 heavy (non-hydrogen) atoms. The quantitative estimate of drug-likeness (QED) is 0.266. The number of halogens is 1. The second-order valence-electron chi connectivity index (χ2n) is 9.97. The van der Waals surface area contributed by atoms with Crippen molar-refractivity contribution >= 4 is 38.8 Å². The van der Waals surface area contributed by atoms with Crippen LogP contribution in [0.3, 0.4) is 0 Å². The van der Waals surface area contributed by atoms with Crippen LogP contribution in [0.1, 0.15) is 40.3 Å². The molecule has 0 N–H and O–H groups in total. The molecule has 6 rings (SSSR count). The van der Waals surface area contributed by atoms with Gasteiger partial charge in [-0.2, -0.15) is 10.2 Å². The van der Waals surface area contributed by atoms with Gasteiger partial charge in [-0.05, 0) is 74.5 Å². The number of carbonyl (C=O) groups is 1. The van der Waals surface area contributed by atoms with E-state index < -0.39 is 15.1 Å². The van der Waals surface area contributed by atoms with Crippen LogP contribution in [0.15, 0.2) is 64.9 Å². The number of fused-ring (bicyclic) bond motifs is 2. The van der Waals surface area contributed by atoms with Gasteiger partial charge in [-0.15, -0.1) is 11.3 Å². The summed E-state index contributed by atoms with van der Waals surface area (Å²) >= 11 is 1.34. The smallest absolute Gasteiger partial charge is 0.201 e. The Kier molecular flexibility index (Phi) is 5.97. The molecule has 1 aromatic carbocycles.